The van der Waals surface area contributed by atoms with E-state index in [0.717, 1.165) is 18.5 Å². The maximum Gasteiger partial charge on any atom is 0.226 e. The number of hydrogen-bond donors (Lipinski definition) is 2. The van der Waals surface area contributed by atoms with Crippen molar-refractivity contribution in [2.24, 2.45) is 0 Å². The summed E-state index contributed by atoms with van der Waals surface area (Å²) in [5.41, 5.74) is 1.34. The van der Waals surface area contributed by atoms with Crippen molar-refractivity contribution in [2.75, 3.05) is 5.32 Å². The lowest BCUT2D eigenvalue weighted by Crippen LogP contribution is -2.33. The fourth-order valence-corrected chi connectivity index (χ4v) is 2.10. The fourth-order valence-electron chi connectivity index (χ4n) is 1.87. The molecule has 2 N–H and O–H groups in total. The Labute approximate surface area is 131 Å². The van der Waals surface area contributed by atoms with Crippen molar-refractivity contribution in [1.29, 1.82) is 5.26 Å². The number of rotatable bonds is 7. The van der Waals surface area contributed by atoms with Crippen molar-refractivity contribution in [3.05, 3.63) is 29.8 Å². The van der Waals surface area contributed by atoms with Crippen molar-refractivity contribution in [2.45, 2.75) is 45.4 Å². The molecule has 0 aliphatic heterocycles. The van der Waals surface area contributed by atoms with Gasteiger partial charge in [0.25, 0.3) is 0 Å². The largest absolute Gasteiger partial charge is 0.332 e. The molecule has 0 saturated heterocycles. The van der Waals surface area contributed by atoms with E-state index in [1.165, 1.54) is 19.3 Å². The van der Waals surface area contributed by atoms with Gasteiger partial charge in [-0.05, 0) is 42.9 Å². The normalized spacial score (nSPS) is 9.71. The van der Waals surface area contributed by atoms with E-state index in [1.54, 1.807) is 24.3 Å². The van der Waals surface area contributed by atoms with Crippen molar-refractivity contribution >= 4 is 28.9 Å². The molecule has 0 aliphatic rings. The monoisotopic (exact) mass is 303 g/mol. The first-order valence-corrected chi connectivity index (χ1v) is 7.67. The topological polar surface area (TPSA) is 64.9 Å². The summed E-state index contributed by atoms with van der Waals surface area (Å²) < 4.78 is 0. The molecule has 0 radical (unpaired) electrons. The number of nitriles is 1. The zero-order chi connectivity index (χ0) is 15.5. The average Bonchev–Trinajstić information content (AvgIpc) is 2.47. The number of thiocarbonyl (C=S) groups is 1. The van der Waals surface area contributed by atoms with Gasteiger partial charge in [-0.1, -0.05) is 32.6 Å². The average molecular weight is 303 g/mol. The van der Waals surface area contributed by atoms with Gasteiger partial charge < -0.3 is 10.6 Å². The summed E-state index contributed by atoms with van der Waals surface area (Å²) in [6.45, 7) is 2.17. The van der Waals surface area contributed by atoms with E-state index in [1.807, 2.05) is 6.07 Å². The highest BCUT2D eigenvalue weighted by molar-refractivity contribution is 7.80. The molecule has 112 valence electrons. The van der Waals surface area contributed by atoms with Crippen LogP contribution in [-0.2, 0) is 4.79 Å². The Morgan fingerprint density at radius 2 is 1.86 bits per heavy atom. The molecule has 21 heavy (non-hydrogen) atoms. The van der Waals surface area contributed by atoms with Gasteiger partial charge in [0, 0.05) is 12.1 Å². The molecule has 1 rings (SSSR count). The SMILES string of the molecule is CCCCCCCC(=O)NC(=S)Nc1ccc(C#N)cc1. The smallest absolute Gasteiger partial charge is 0.226 e. The first kappa shape index (κ1) is 17.1. The number of benzene rings is 1. The molecule has 0 heterocycles. The molecule has 0 spiro atoms. The molecule has 5 heteroatoms. The molecule has 0 aliphatic carbocycles. The number of carbonyl (C=O) groups excluding carboxylic acids is 1. The lowest BCUT2D eigenvalue weighted by Gasteiger charge is -2.09. The molecule has 0 atom stereocenters. The lowest BCUT2D eigenvalue weighted by molar-refractivity contribution is -0.119. The van der Waals surface area contributed by atoms with E-state index in [9.17, 15) is 4.79 Å². The predicted molar refractivity (Wildman–Crippen MR) is 88.9 cm³/mol. The highest BCUT2D eigenvalue weighted by Gasteiger charge is 2.04. The van der Waals surface area contributed by atoms with Crippen molar-refractivity contribution in [1.82, 2.24) is 5.32 Å². The Balaban J connectivity index is 2.26. The third-order valence-corrected chi connectivity index (χ3v) is 3.24. The van der Waals surface area contributed by atoms with Gasteiger partial charge in [0.15, 0.2) is 5.11 Å². The van der Waals surface area contributed by atoms with E-state index >= 15 is 0 Å². The van der Waals surface area contributed by atoms with E-state index in [2.05, 4.69) is 17.6 Å². The number of amides is 1. The first-order chi connectivity index (χ1) is 10.2. The fraction of sp³-hybridized carbons (Fsp3) is 0.438. The molecule has 0 aromatic heterocycles. The van der Waals surface area contributed by atoms with Gasteiger partial charge in [-0.3, -0.25) is 4.79 Å². The van der Waals surface area contributed by atoms with Crippen LogP contribution in [0.3, 0.4) is 0 Å². The highest BCUT2D eigenvalue weighted by Crippen LogP contribution is 2.09. The Hall–Kier alpha value is -1.93. The predicted octanol–water partition coefficient (Wildman–Crippen LogP) is 3.73. The molecule has 1 aromatic carbocycles. The Bertz CT molecular complexity index is 505. The van der Waals surface area contributed by atoms with Gasteiger partial charge in [-0.2, -0.15) is 5.26 Å². The number of carbonyl (C=O) groups is 1. The zero-order valence-electron chi connectivity index (χ0n) is 12.3. The summed E-state index contributed by atoms with van der Waals surface area (Å²) in [7, 11) is 0. The summed E-state index contributed by atoms with van der Waals surface area (Å²) in [6.07, 6.45) is 6.07. The van der Waals surface area contributed by atoms with Gasteiger partial charge in [-0.25, -0.2) is 0 Å². The minimum atomic E-state index is -0.0577. The van der Waals surface area contributed by atoms with E-state index in [4.69, 9.17) is 17.5 Å². The Morgan fingerprint density at radius 3 is 2.48 bits per heavy atom. The molecular weight excluding hydrogens is 282 g/mol. The molecule has 4 nitrogen and oxygen atoms in total. The van der Waals surface area contributed by atoms with Gasteiger partial charge in [-0.15, -0.1) is 0 Å². The second-order valence-electron chi connectivity index (χ2n) is 4.86. The minimum absolute atomic E-state index is 0.0577. The van der Waals surface area contributed by atoms with Crippen LogP contribution in [0.2, 0.25) is 0 Å². The highest BCUT2D eigenvalue weighted by atomic mass is 32.1. The van der Waals surface area contributed by atoms with E-state index in [0.29, 0.717) is 17.1 Å². The number of nitrogens with one attached hydrogen (secondary N) is 2. The van der Waals surface area contributed by atoms with E-state index < -0.39 is 0 Å². The third-order valence-electron chi connectivity index (χ3n) is 3.03. The maximum absolute atomic E-state index is 11.7. The van der Waals surface area contributed by atoms with Crippen LogP contribution in [0.15, 0.2) is 24.3 Å². The molecular formula is C16H21N3OS. The summed E-state index contributed by atoms with van der Waals surface area (Å²) >= 11 is 5.09. The van der Waals surface area contributed by atoms with Gasteiger partial charge in [0.1, 0.15) is 0 Å². The zero-order valence-corrected chi connectivity index (χ0v) is 13.1. The number of nitrogens with zero attached hydrogens (tertiary/aromatic N) is 1. The maximum atomic E-state index is 11.7. The molecule has 0 unspecified atom stereocenters. The number of hydrogen-bond acceptors (Lipinski definition) is 3. The molecule has 0 fully saturated rings. The Morgan fingerprint density at radius 1 is 1.19 bits per heavy atom. The third kappa shape index (κ3) is 7.42. The van der Waals surface area contributed by atoms with Crippen LogP contribution >= 0.6 is 12.2 Å². The first-order valence-electron chi connectivity index (χ1n) is 7.26. The second kappa shape index (κ2) is 9.89. The van der Waals surface area contributed by atoms with Crippen LogP contribution in [0.25, 0.3) is 0 Å². The van der Waals surface area contributed by atoms with Crippen molar-refractivity contribution in [3.63, 3.8) is 0 Å². The van der Waals surface area contributed by atoms with Gasteiger partial charge in [0.2, 0.25) is 5.91 Å². The molecule has 1 aromatic rings. The molecule has 0 bridgehead atoms. The molecule has 1 amide bonds. The standard InChI is InChI=1S/C16H21N3OS/c1-2-3-4-5-6-7-15(20)19-16(21)18-14-10-8-13(12-17)9-11-14/h8-11H,2-7H2,1H3,(H2,18,19,20,21). The minimum Gasteiger partial charge on any atom is -0.332 e. The summed E-state index contributed by atoms with van der Waals surface area (Å²) in [5.74, 6) is -0.0577. The lowest BCUT2D eigenvalue weighted by atomic mass is 10.1. The van der Waals surface area contributed by atoms with Crippen LogP contribution in [0.5, 0.6) is 0 Å². The van der Waals surface area contributed by atoms with Crippen LogP contribution < -0.4 is 10.6 Å². The van der Waals surface area contributed by atoms with Crippen molar-refractivity contribution < 1.29 is 4.79 Å². The molecule has 0 saturated carbocycles. The summed E-state index contributed by atoms with van der Waals surface area (Å²) in [5, 5.41) is 14.6. The van der Waals surface area contributed by atoms with Gasteiger partial charge >= 0.3 is 0 Å². The van der Waals surface area contributed by atoms with Crippen LogP contribution in [-0.4, -0.2) is 11.0 Å². The quantitative estimate of drug-likeness (QED) is 0.595. The second-order valence-corrected chi connectivity index (χ2v) is 5.26. The Kier molecular flexibility index (Phi) is 8.07. The van der Waals surface area contributed by atoms with Crippen LogP contribution in [0.4, 0.5) is 5.69 Å². The van der Waals surface area contributed by atoms with Crippen LogP contribution in [0, 0.1) is 11.3 Å². The number of unbranched alkanes of at least 4 members (excludes halogenated alkanes) is 4. The number of anilines is 1. The van der Waals surface area contributed by atoms with Crippen molar-refractivity contribution in [3.8, 4) is 6.07 Å². The van der Waals surface area contributed by atoms with Gasteiger partial charge in [0.05, 0.1) is 11.6 Å². The summed E-state index contributed by atoms with van der Waals surface area (Å²) in [6, 6.07) is 8.94. The summed E-state index contributed by atoms with van der Waals surface area (Å²) in [4.78, 5) is 11.7. The van der Waals surface area contributed by atoms with E-state index in [-0.39, 0.29) is 5.91 Å². The van der Waals surface area contributed by atoms with Crippen LogP contribution in [0.1, 0.15) is 51.0 Å².